The van der Waals surface area contributed by atoms with E-state index in [4.69, 9.17) is 0 Å². The predicted molar refractivity (Wildman–Crippen MR) is 63.2 cm³/mol. The molecule has 3 heterocycles. The van der Waals surface area contributed by atoms with Gasteiger partial charge in [-0.15, -0.1) is 0 Å². The normalized spacial score (nSPS) is 21.5. The van der Waals surface area contributed by atoms with E-state index in [9.17, 15) is 22.8 Å². The van der Waals surface area contributed by atoms with Gasteiger partial charge in [-0.1, -0.05) is 5.16 Å². The summed E-state index contributed by atoms with van der Waals surface area (Å²) in [5.41, 5.74) is -0.991. The van der Waals surface area contributed by atoms with Gasteiger partial charge in [0.05, 0.1) is 0 Å². The van der Waals surface area contributed by atoms with Gasteiger partial charge in [0.25, 0.3) is 11.7 Å². The molecule has 1 spiro atoms. The Morgan fingerprint density at radius 1 is 1.27 bits per heavy atom. The van der Waals surface area contributed by atoms with Crippen LogP contribution in [0, 0.1) is 0 Å². The molecule has 3 amide bonds. The number of imide groups is 1. The van der Waals surface area contributed by atoms with E-state index in [0.717, 1.165) is 4.90 Å². The maximum absolute atomic E-state index is 12.4. The number of hydrogen-bond acceptors (Lipinski definition) is 6. The van der Waals surface area contributed by atoms with Crippen LogP contribution < -0.4 is 10.6 Å². The summed E-state index contributed by atoms with van der Waals surface area (Å²) in [5, 5.41) is 8.47. The van der Waals surface area contributed by atoms with Crippen molar-refractivity contribution in [3.8, 4) is 0 Å². The molecule has 22 heavy (non-hydrogen) atoms. The second-order valence-electron chi connectivity index (χ2n) is 5.16. The zero-order valence-electron chi connectivity index (χ0n) is 11.2. The number of piperidine rings is 1. The van der Waals surface area contributed by atoms with Crippen LogP contribution in [0.15, 0.2) is 4.52 Å². The third kappa shape index (κ3) is 2.40. The van der Waals surface area contributed by atoms with E-state index in [1.807, 2.05) is 0 Å². The number of hydrogen-bond donors (Lipinski definition) is 2. The molecule has 2 aliphatic rings. The van der Waals surface area contributed by atoms with Gasteiger partial charge in [-0.05, 0) is 25.9 Å². The highest BCUT2D eigenvalue weighted by molar-refractivity contribution is 6.07. The fourth-order valence-electron chi connectivity index (χ4n) is 2.58. The number of aromatic nitrogens is 2. The summed E-state index contributed by atoms with van der Waals surface area (Å²) in [6, 6.07) is -0.668. The zero-order valence-corrected chi connectivity index (χ0v) is 11.2. The monoisotopic (exact) mass is 319 g/mol. The lowest BCUT2D eigenvalue weighted by Crippen LogP contribution is -2.53. The lowest BCUT2D eigenvalue weighted by Gasteiger charge is -2.30. The van der Waals surface area contributed by atoms with Crippen molar-refractivity contribution in [2.24, 2.45) is 0 Å². The molecule has 2 fully saturated rings. The average molecular weight is 319 g/mol. The molecule has 0 aliphatic carbocycles. The Morgan fingerprint density at radius 3 is 2.55 bits per heavy atom. The lowest BCUT2D eigenvalue weighted by molar-refractivity contribution is -0.146. The van der Waals surface area contributed by atoms with Gasteiger partial charge in [-0.3, -0.25) is 9.69 Å². The van der Waals surface area contributed by atoms with Crippen LogP contribution in [0.2, 0.25) is 0 Å². The average Bonchev–Trinajstić information content (AvgIpc) is 3.00. The fourth-order valence-corrected chi connectivity index (χ4v) is 2.58. The first-order valence-electron chi connectivity index (χ1n) is 6.56. The van der Waals surface area contributed by atoms with Gasteiger partial charge >= 0.3 is 12.2 Å². The molecule has 0 aromatic carbocycles. The minimum atomic E-state index is -4.74. The number of amides is 3. The smallest absolute Gasteiger partial charge is 0.337 e. The molecule has 0 atom stereocenters. The van der Waals surface area contributed by atoms with E-state index in [2.05, 4.69) is 25.3 Å². The molecule has 1 aromatic heterocycles. The third-order valence-electron chi connectivity index (χ3n) is 3.72. The third-order valence-corrected chi connectivity index (χ3v) is 3.72. The van der Waals surface area contributed by atoms with E-state index in [0.29, 0.717) is 25.9 Å². The molecule has 0 bridgehead atoms. The highest BCUT2D eigenvalue weighted by Crippen LogP contribution is 2.29. The van der Waals surface area contributed by atoms with Gasteiger partial charge in [0.15, 0.2) is 0 Å². The number of rotatable bonds is 2. The summed E-state index contributed by atoms with van der Waals surface area (Å²) in [5.74, 6) is -2.36. The van der Waals surface area contributed by atoms with Crippen LogP contribution in [0.4, 0.5) is 18.0 Å². The van der Waals surface area contributed by atoms with Crippen molar-refractivity contribution in [2.75, 3.05) is 13.1 Å². The van der Waals surface area contributed by atoms with E-state index in [1.54, 1.807) is 0 Å². The molecular weight excluding hydrogens is 307 g/mol. The number of carbonyl (C=O) groups is 2. The van der Waals surface area contributed by atoms with Gasteiger partial charge in [0.2, 0.25) is 5.89 Å². The van der Waals surface area contributed by atoms with Crippen molar-refractivity contribution in [2.45, 2.75) is 31.1 Å². The van der Waals surface area contributed by atoms with Crippen molar-refractivity contribution in [3.63, 3.8) is 0 Å². The summed E-state index contributed by atoms with van der Waals surface area (Å²) < 4.78 is 41.7. The van der Waals surface area contributed by atoms with Gasteiger partial charge in [0, 0.05) is 0 Å². The number of nitrogens with one attached hydrogen (secondary N) is 2. The quantitative estimate of drug-likeness (QED) is 0.759. The van der Waals surface area contributed by atoms with Crippen molar-refractivity contribution in [3.05, 3.63) is 11.7 Å². The van der Waals surface area contributed by atoms with Crippen LogP contribution >= 0.6 is 0 Å². The zero-order chi connectivity index (χ0) is 16.0. The maximum Gasteiger partial charge on any atom is 0.455 e. The summed E-state index contributed by atoms with van der Waals surface area (Å²) in [4.78, 5) is 28.3. The van der Waals surface area contributed by atoms with Crippen LogP contribution in [0.25, 0.3) is 0 Å². The lowest BCUT2D eigenvalue weighted by atomic mass is 9.88. The molecule has 8 nitrogen and oxygen atoms in total. The fraction of sp³-hybridized carbons (Fsp3) is 0.636. The Bertz CT molecular complexity index is 608. The molecule has 2 saturated heterocycles. The SMILES string of the molecule is O=C1NC2(CCNCC2)C(=O)N1Cc1nc(C(F)(F)F)no1. The van der Waals surface area contributed by atoms with Gasteiger partial charge in [-0.2, -0.15) is 18.2 Å². The first kappa shape index (κ1) is 14.8. The maximum atomic E-state index is 12.4. The minimum Gasteiger partial charge on any atom is -0.337 e. The summed E-state index contributed by atoms with van der Waals surface area (Å²) in [7, 11) is 0. The second-order valence-corrected chi connectivity index (χ2v) is 5.16. The summed E-state index contributed by atoms with van der Waals surface area (Å²) in [6.07, 6.45) is -3.90. The number of nitrogens with zero attached hydrogens (tertiary/aromatic N) is 3. The molecule has 120 valence electrons. The molecule has 2 aliphatic heterocycles. The Morgan fingerprint density at radius 2 is 1.95 bits per heavy atom. The van der Waals surface area contributed by atoms with Gasteiger partial charge in [0.1, 0.15) is 12.1 Å². The van der Waals surface area contributed by atoms with Gasteiger partial charge < -0.3 is 15.2 Å². The highest BCUT2D eigenvalue weighted by atomic mass is 19.4. The molecule has 0 saturated carbocycles. The van der Waals surface area contributed by atoms with Crippen molar-refractivity contribution < 1.29 is 27.3 Å². The summed E-state index contributed by atoms with van der Waals surface area (Å²) >= 11 is 0. The number of carbonyl (C=O) groups excluding carboxylic acids is 2. The number of alkyl halides is 3. The molecule has 3 rings (SSSR count). The molecular formula is C11H12F3N5O3. The van der Waals surface area contributed by atoms with Crippen LogP contribution in [0.5, 0.6) is 0 Å². The Kier molecular flexibility index (Phi) is 3.31. The number of urea groups is 1. The standard InChI is InChI=1S/C11H12F3N5O3/c12-11(13,14)7-16-6(22-18-7)5-19-8(20)10(17-9(19)21)1-3-15-4-2-10/h15H,1-5H2,(H,17,21). The molecule has 0 radical (unpaired) electrons. The predicted octanol–water partition coefficient (Wildman–Crippen LogP) is 0.262. The highest BCUT2D eigenvalue weighted by Gasteiger charge is 2.51. The molecule has 1 aromatic rings. The Labute approximate surface area is 122 Å². The van der Waals surface area contributed by atoms with E-state index in [-0.39, 0.29) is 0 Å². The minimum absolute atomic E-state index is 0.422. The first-order chi connectivity index (χ1) is 10.3. The number of halogens is 3. The largest absolute Gasteiger partial charge is 0.455 e. The Balaban J connectivity index is 1.76. The van der Waals surface area contributed by atoms with Crippen molar-refractivity contribution in [1.29, 1.82) is 0 Å². The van der Waals surface area contributed by atoms with Crippen LogP contribution in [0.3, 0.4) is 0 Å². The van der Waals surface area contributed by atoms with Crippen LogP contribution in [-0.4, -0.2) is 45.6 Å². The second kappa shape index (κ2) is 4.93. The Hall–Kier alpha value is -2.17. The van der Waals surface area contributed by atoms with Crippen LogP contribution in [0.1, 0.15) is 24.6 Å². The van der Waals surface area contributed by atoms with E-state index in [1.165, 1.54) is 0 Å². The van der Waals surface area contributed by atoms with E-state index < -0.39 is 41.9 Å². The van der Waals surface area contributed by atoms with Crippen LogP contribution in [-0.2, 0) is 17.5 Å². The molecule has 11 heteroatoms. The molecule has 2 N–H and O–H groups in total. The topological polar surface area (TPSA) is 100 Å². The van der Waals surface area contributed by atoms with Gasteiger partial charge in [-0.25, -0.2) is 4.79 Å². The first-order valence-corrected chi connectivity index (χ1v) is 6.56. The van der Waals surface area contributed by atoms with Crippen molar-refractivity contribution in [1.82, 2.24) is 25.7 Å². The van der Waals surface area contributed by atoms with Crippen molar-refractivity contribution >= 4 is 11.9 Å². The summed E-state index contributed by atoms with van der Waals surface area (Å²) in [6.45, 7) is 0.653. The van der Waals surface area contributed by atoms with E-state index >= 15 is 0 Å². The molecule has 0 unspecified atom stereocenters.